The van der Waals surface area contributed by atoms with Crippen molar-refractivity contribution in [1.82, 2.24) is 4.90 Å². The summed E-state index contributed by atoms with van der Waals surface area (Å²) in [4.78, 5) is 2.55. The lowest BCUT2D eigenvalue weighted by atomic mass is 9.85. The molecule has 0 unspecified atom stereocenters. The lowest BCUT2D eigenvalue weighted by Gasteiger charge is -2.22. The third-order valence-electron chi connectivity index (χ3n) is 4.32. The van der Waals surface area contributed by atoms with Crippen LogP contribution in [0, 0.1) is 5.41 Å². The summed E-state index contributed by atoms with van der Waals surface area (Å²) in [5.41, 5.74) is 4.54. The molecule has 0 amide bonds. The van der Waals surface area contributed by atoms with Crippen molar-refractivity contribution in [3.05, 3.63) is 22.8 Å². The molecule has 0 bridgehead atoms. The predicted octanol–water partition coefficient (Wildman–Crippen LogP) is 4.96. The van der Waals surface area contributed by atoms with Crippen molar-refractivity contribution in [3.8, 4) is 0 Å². The summed E-state index contributed by atoms with van der Waals surface area (Å²) in [6, 6.07) is 0. The van der Waals surface area contributed by atoms with Gasteiger partial charge in [-0.05, 0) is 88.7 Å². The zero-order chi connectivity index (χ0) is 14.8. The maximum atomic E-state index is 7.30. The van der Waals surface area contributed by atoms with Crippen molar-refractivity contribution in [2.24, 2.45) is 0 Å². The van der Waals surface area contributed by atoms with Crippen LogP contribution in [0.15, 0.2) is 22.8 Å². The van der Waals surface area contributed by atoms with Gasteiger partial charge in [-0.2, -0.15) is 0 Å². The van der Waals surface area contributed by atoms with Crippen LogP contribution < -0.4 is 0 Å². The minimum absolute atomic E-state index is 1.17. The smallest absolute Gasteiger partial charge is 0.0180 e. The molecular formula is C18H32N2. The molecule has 1 saturated carbocycles. The molecule has 0 aromatic carbocycles. The summed E-state index contributed by atoms with van der Waals surface area (Å²) >= 11 is 0. The lowest BCUT2D eigenvalue weighted by Crippen LogP contribution is -2.25. The molecule has 2 nitrogen and oxygen atoms in total. The first kappa shape index (κ1) is 17.2. The van der Waals surface area contributed by atoms with E-state index >= 15 is 0 Å². The zero-order valence-corrected chi connectivity index (χ0v) is 13.7. The van der Waals surface area contributed by atoms with Crippen LogP contribution in [0.25, 0.3) is 0 Å². The van der Waals surface area contributed by atoms with Crippen LogP contribution in [0.4, 0.5) is 0 Å². The van der Waals surface area contributed by atoms with Crippen LogP contribution in [-0.4, -0.2) is 30.7 Å². The van der Waals surface area contributed by atoms with Crippen molar-refractivity contribution in [1.29, 1.82) is 5.41 Å². The van der Waals surface area contributed by atoms with E-state index < -0.39 is 0 Å². The van der Waals surface area contributed by atoms with Gasteiger partial charge in [-0.3, -0.25) is 0 Å². The zero-order valence-electron chi connectivity index (χ0n) is 13.7. The Bertz CT molecular complexity index is 352. The summed E-state index contributed by atoms with van der Waals surface area (Å²) in [7, 11) is 0. The fourth-order valence-corrected chi connectivity index (χ4v) is 3.16. The standard InChI is InChI=1S/C18H32N2/c1-4-14-20(5-2)15-8-9-16(3)18-11-7-6-10-17(18)12-13-19/h12-13,19H,4-11,14-15H2,1-3H3/b17-12-,18-16+,19-13?. The molecule has 0 aromatic rings. The summed E-state index contributed by atoms with van der Waals surface area (Å²) in [6.45, 7) is 10.4. The van der Waals surface area contributed by atoms with E-state index in [1.165, 1.54) is 76.4 Å². The summed E-state index contributed by atoms with van der Waals surface area (Å²) < 4.78 is 0. The van der Waals surface area contributed by atoms with Crippen molar-refractivity contribution < 1.29 is 0 Å². The second kappa shape index (κ2) is 9.93. The van der Waals surface area contributed by atoms with E-state index in [4.69, 9.17) is 5.41 Å². The number of nitrogens with one attached hydrogen (secondary N) is 1. The third kappa shape index (κ3) is 5.62. The molecule has 1 fully saturated rings. The van der Waals surface area contributed by atoms with E-state index in [9.17, 15) is 0 Å². The molecule has 0 radical (unpaired) electrons. The normalized spacial score (nSPS) is 20.5. The van der Waals surface area contributed by atoms with Gasteiger partial charge in [-0.25, -0.2) is 0 Å². The molecule has 1 aliphatic rings. The van der Waals surface area contributed by atoms with Crippen LogP contribution in [0.1, 0.15) is 65.7 Å². The van der Waals surface area contributed by atoms with Crippen molar-refractivity contribution in [2.75, 3.05) is 19.6 Å². The number of allylic oxidation sites excluding steroid dienone is 4. The minimum Gasteiger partial charge on any atom is -0.309 e. The molecular weight excluding hydrogens is 244 g/mol. The number of rotatable bonds is 8. The average molecular weight is 276 g/mol. The highest BCUT2D eigenvalue weighted by Crippen LogP contribution is 2.32. The fourth-order valence-electron chi connectivity index (χ4n) is 3.16. The molecule has 0 spiro atoms. The molecule has 0 saturated heterocycles. The Morgan fingerprint density at radius 3 is 2.60 bits per heavy atom. The SMILES string of the molecule is CCCN(CC)CCC/C(C)=C1\CCCC\C1=C\C=N. The maximum absolute atomic E-state index is 7.30. The molecule has 1 N–H and O–H groups in total. The molecule has 2 heteroatoms. The number of hydrogen-bond acceptors (Lipinski definition) is 2. The summed E-state index contributed by atoms with van der Waals surface area (Å²) in [5, 5.41) is 7.30. The van der Waals surface area contributed by atoms with Crippen molar-refractivity contribution in [3.63, 3.8) is 0 Å². The molecule has 114 valence electrons. The van der Waals surface area contributed by atoms with E-state index in [0.717, 1.165) is 0 Å². The van der Waals surface area contributed by atoms with Crippen LogP contribution in [0.3, 0.4) is 0 Å². The largest absolute Gasteiger partial charge is 0.309 e. The van der Waals surface area contributed by atoms with Gasteiger partial charge in [0.2, 0.25) is 0 Å². The van der Waals surface area contributed by atoms with E-state index in [0.29, 0.717) is 0 Å². The highest BCUT2D eigenvalue weighted by Gasteiger charge is 2.13. The van der Waals surface area contributed by atoms with Gasteiger partial charge in [0.05, 0.1) is 0 Å². The van der Waals surface area contributed by atoms with Crippen LogP contribution in [0.2, 0.25) is 0 Å². The van der Waals surface area contributed by atoms with Gasteiger partial charge in [-0.1, -0.05) is 19.4 Å². The first-order valence-electron chi connectivity index (χ1n) is 8.33. The van der Waals surface area contributed by atoms with Gasteiger partial charge in [0.25, 0.3) is 0 Å². The third-order valence-corrected chi connectivity index (χ3v) is 4.32. The maximum Gasteiger partial charge on any atom is 0.0180 e. The molecule has 0 aromatic heterocycles. The van der Waals surface area contributed by atoms with Gasteiger partial charge in [0, 0.05) is 6.21 Å². The minimum atomic E-state index is 1.17. The summed E-state index contributed by atoms with van der Waals surface area (Å²) in [6.07, 6.45) is 12.2. The van der Waals surface area contributed by atoms with Gasteiger partial charge in [-0.15, -0.1) is 0 Å². The lowest BCUT2D eigenvalue weighted by molar-refractivity contribution is 0.285. The molecule has 1 aliphatic carbocycles. The van der Waals surface area contributed by atoms with Crippen molar-refractivity contribution in [2.45, 2.75) is 65.7 Å². The Morgan fingerprint density at radius 2 is 1.95 bits per heavy atom. The highest BCUT2D eigenvalue weighted by molar-refractivity contribution is 5.71. The van der Waals surface area contributed by atoms with Crippen LogP contribution in [0.5, 0.6) is 0 Å². The second-order valence-electron chi connectivity index (χ2n) is 5.86. The molecule has 0 heterocycles. The molecule has 1 rings (SSSR count). The van der Waals surface area contributed by atoms with E-state index in [1.54, 1.807) is 11.1 Å². The quantitative estimate of drug-likeness (QED) is 0.623. The number of hydrogen-bond donors (Lipinski definition) is 1. The Balaban J connectivity index is 2.54. The van der Waals surface area contributed by atoms with E-state index in [2.05, 4.69) is 25.7 Å². The average Bonchev–Trinajstić information content (AvgIpc) is 2.47. The Hall–Kier alpha value is -0.890. The van der Waals surface area contributed by atoms with Gasteiger partial charge in [0.15, 0.2) is 0 Å². The van der Waals surface area contributed by atoms with Crippen molar-refractivity contribution >= 4 is 6.21 Å². The van der Waals surface area contributed by atoms with E-state index in [-0.39, 0.29) is 0 Å². The first-order chi connectivity index (χ1) is 9.72. The van der Waals surface area contributed by atoms with Crippen LogP contribution >= 0.6 is 0 Å². The van der Waals surface area contributed by atoms with Crippen LogP contribution in [-0.2, 0) is 0 Å². The van der Waals surface area contributed by atoms with Gasteiger partial charge in [0.1, 0.15) is 0 Å². The molecule has 0 atom stereocenters. The van der Waals surface area contributed by atoms with Gasteiger partial charge < -0.3 is 10.3 Å². The second-order valence-corrected chi connectivity index (χ2v) is 5.86. The highest BCUT2D eigenvalue weighted by atomic mass is 15.1. The Morgan fingerprint density at radius 1 is 1.20 bits per heavy atom. The molecule has 0 aliphatic heterocycles. The van der Waals surface area contributed by atoms with Gasteiger partial charge >= 0.3 is 0 Å². The summed E-state index contributed by atoms with van der Waals surface area (Å²) in [5.74, 6) is 0. The Labute approximate surface area is 125 Å². The monoisotopic (exact) mass is 276 g/mol. The Kier molecular flexibility index (Phi) is 8.52. The predicted molar refractivity (Wildman–Crippen MR) is 89.7 cm³/mol. The molecule has 20 heavy (non-hydrogen) atoms. The number of nitrogens with zero attached hydrogens (tertiary/aromatic N) is 1. The first-order valence-corrected chi connectivity index (χ1v) is 8.33. The topological polar surface area (TPSA) is 27.1 Å². The van der Waals surface area contributed by atoms with E-state index in [1.807, 2.05) is 6.08 Å². The fraction of sp³-hybridized carbons (Fsp3) is 0.722.